The van der Waals surface area contributed by atoms with Gasteiger partial charge in [0.1, 0.15) is 17.4 Å². The molecule has 1 aromatic carbocycles. The van der Waals surface area contributed by atoms with Crippen LogP contribution in [0, 0.1) is 18.3 Å². The lowest BCUT2D eigenvalue weighted by atomic mass is 10.0. The molecule has 190 valence electrons. The number of ether oxygens (including phenoxy) is 1. The first kappa shape index (κ1) is 25.5. The quantitative estimate of drug-likeness (QED) is 0.472. The van der Waals surface area contributed by atoms with Crippen molar-refractivity contribution >= 4 is 22.9 Å². The summed E-state index contributed by atoms with van der Waals surface area (Å²) in [4.78, 5) is 20.2. The van der Waals surface area contributed by atoms with Crippen LogP contribution in [0.25, 0.3) is 5.52 Å². The summed E-state index contributed by atoms with van der Waals surface area (Å²) in [6.07, 6.45) is 3.51. The monoisotopic (exact) mass is 490 g/mol. The van der Waals surface area contributed by atoms with Gasteiger partial charge in [-0.05, 0) is 90.9 Å². The maximum atomic E-state index is 13.9. The largest absolute Gasteiger partial charge is 0.494 e. The Labute approximate surface area is 211 Å². The van der Waals surface area contributed by atoms with Gasteiger partial charge in [0, 0.05) is 17.2 Å². The Morgan fingerprint density at radius 3 is 2.56 bits per heavy atom. The van der Waals surface area contributed by atoms with Crippen molar-refractivity contribution in [2.75, 3.05) is 30.1 Å². The van der Waals surface area contributed by atoms with Crippen LogP contribution in [0.5, 0.6) is 5.75 Å². The smallest absolute Gasteiger partial charge is 0.283 e. The molecule has 9 heteroatoms. The minimum absolute atomic E-state index is 0.217. The number of hydrogen-bond acceptors (Lipinski definition) is 7. The van der Waals surface area contributed by atoms with Gasteiger partial charge in [0.2, 0.25) is 0 Å². The Kier molecular flexibility index (Phi) is 7.48. The predicted molar refractivity (Wildman–Crippen MR) is 139 cm³/mol. The second kappa shape index (κ2) is 10.6. The normalized spacial score (nSPS) is 14.4. The van der Waals surface area contributed by atoms with Crippen LogP contribution in [0.1, 0.15) is 62.0 Å². The van der Waals surface area contributed by atoms with Crippen molar-refractivity contribution in [3.63, 3.8) is 0 Å². The molecule has 2 aromatic heterocycles. The van der Waals surface area contributed by atoms with Gasteiger partial charge >= 0.3 is 0 Å². The lowest BCUT2D eigenvalue weighted by Crippen LogP contribution is -2.40. The van der Waals surface area contributed by atoms with Crippen molar-refractivity contribution in [1.29, 1.82) is 5.26 Å². The number of aromatic nitrogens is 2. The summed E-state index contributed by atoms with van der Waals surface area (Å²) in [6.45, 7) is 11.8. The first-order valence-corrected chi connectivity index (χ1v) is 12.4. The third-order valence-corrected chi connectivity index (χ3v) is 6.01. The summed E-state index contributed by atoms with van der Waals surface area (Å²) in [7, 11) is 0. The zero-order valence-electron chi connectivity index (χ0n) is 21.6. The van der Waals surface area contributed by atoms with Crippen molar-refractivity contribution in [2.24, 2.45) is 0 Å². The molecule has 0 saturated carbocycles. The van der Waals surface area contributed by atoms with Crippen LogP contribution in [0.15, 0.2) is 36.5 Å². The molecule has 2 N–H and O–H groups in total. The number of fused-ring (bicyclic) bond motifs is 1. The number of benzene rings is 1. The van der Waals surface area contributed by atoms with Gasteiger partial charge in [-0.3, -0.25) is 9.63 Å². The third-order valence-electron chi connectivity index (χ3n) is 6.01. The number of carbonyl (C=O) groups is 1. The number of hydroxylamine groups is 1. The minimum Gasteiger partial charge on any atom is -0.494 e. The molecule has 1 aliphatic heterocycles. The molecule has 0 radical (unpaired) electrons. The second-order valence-corrected chi connectivity index (χ2v) is 9.87. The number of rotatable bonds is 7. The molecular formula is C27H34N6O3. The Hall–Kier alpha value is -3.61. The summed E-state index contributed by atoms with van der Waals surface area (Å²) in [5.74, 6) is 0.805. The zero-order chi connectivity index (χ0) is 25.9. The van der Waals surface area contributed by atoms with Crippen LogP contribution >= 0.6 is 0 Å². The highest BCUT2D eigenvalue weighted by molar-refractivity contribution is 6.05. The maximum Gasteiger partial charge on any atom is 0.283 e. The molecule has 0 spiro atoms. The van der Waals surface area contributed by atoms with Crippen molar-refractivity contribution in [3.05, 3.63) is 53.2 Å². The van der Waals surface area contributed by atoms with Crippen LogP contribution < -0.4 is 20.4 Å². The van der Waals surface area contributed by atoms with Crippen LogP contribution in [-0.2, 0) is 4.84 Å². The van der Waals surface area contributed by atoms with E-state index in [1.807, 2.05) is 34.6 Å². The minimum atomic E-state index is -0.677. The van der Waals surface area contributed by atoms with E-state index in [1.165, 1.54) is 5.06 Å². The second-order valence-electron chi connectivity index (χ2n) is 9.87. The molecular weight excluding hydrogens is 456 g/mol. The van der Waals surface area contributed by atoms with E-state index in [0.29, 0.717) is 46.1 Å². The van der Waals surface area contributed by atoms with Gasteiger partial charge in [0.15, 0.2) is 5.82 Å². The molecule has 1 fully saturated rings. The van der Waals surface area contributed by atoms with Crippen molar-refractivity contribution < 1.29 is 14.4 Å². The maximum absolute atomic E-state index is 13.9. The number of hydrogen-bond donors (Lipinski definition) is 2. The van der Waals surface area contributed by atoms with E-state index in [9.17, 15) is 10.1 Å². The van der Waals surface area contributed by atoms with Gasteiger partial charge in [0.05, 0.1) is 29.6 Å². The van der Waals surface area contributed by atoms with Crippen molar-refractivity contribution in [1.82, 2.24) is 14.9 Å². The van der Waals surface area contributed by atoms with E-state index < -0.39 is 5.60 Å². The van der Waals surface area contributed by atoms with Gasteiger partial charge in [-0.2, -0.15) is 15.4 Å². The molecule has 9 nitrogen and oxygen atoms in total. The Morgan fingerprint density at radius 2 is 1.94 bits per heavy atom. The molecule has 0 atom stereocenters. The number of pyridine rings is 1. The summed E-state index contributed by atoms with van der Waals surface area (Å²) in [5, 5.41) is 22.8. The molecule has 3 aromatic rings. The highest BCUT2D eigenvalue weighted by atomic mass is 16.7. The molecule has 4 rings (SSSR count). The summed E-state index contributed by atoms with van der Waals surface area (Å²) in [5.41, 5.74) is 2.29. The van der Waals surface area contributed by atoms with Crippen LogP contribution in [0.4, 0.5) is 11.5 Å². The number of nitrogens with one attached hydrogen (secondary N) is 2. The number of amides is 1. The van der Waals surface area contributed by atoms with E-state index >= 15 is 0 Å². The number of anilines is 2. The van der Waals surface area contributed by atoms with E-state index in [0.717, 1.165) is 25.9 Å². The van der Waals surface area contributed by atoms with Crippen molar-refractivity contribution in [3.8, 4) is 11.8 Å². The molecule has 0 bridgehead atoms. The van der Waals surface area contributed by atoms with Crippen LogP contribution in [0.2, 0.25) is 0 Å². The van der Waals surface area contributed by atoms with Crippen molar-refractivity contribution in [2.45, 2.75) is 59.1 Å². The van der Waals surface area contributed by atoms with Gasteiger partial charge in [-0.15, -0.1) is 0 Å². The molecule has 36 heavy (non-hydrogen) atoms. The van der Waals surface area contributed by atoms with Gasteiger partial charge in [0.25, 0.3) is 5.91 Å². The van der Waals surface area contributed by atoms with Gasteiger partial charge < -0.3 is 15.4 Å². The fraction of sp³-hybridized carbons (Fsp3) is 0.444. The lowest BCUT2D eigenvalue weighted by Gasteiger charge is -2.32. The first-order chi connectivity index (χ1) is 17.2. The third kappa shape index (κ3) is 5.30. The molecule has 1 aliphatic rings. The highest BCUT2D eigenvalue weighted by Gasteiger charge is 2.31. The SMILES string of the molecule is CCOc1ccc(C(=O)N(OC(C)(C)C)c2c(C)c(NC3CCNCC3)c(C#N)c3ccnn23)cc1. The van der Waals surface area contributed by atoms with E-state index in [1.54, 1.807) is 41.0 Å². The number of piperidine rings is 1. The van der Waals surface area contributed by atoms with Gasteiger partial charge in [-0.1, -0.05) is 0 Å². The Balaban J connectivity index is 1.86. The molecule has 1 saturated heterocycles. The highest BCUT2D eigenvalue weighted by Crippen LogP contribution is 2.36. The van der Waals surface area contributed by atoms with Crippen LogP contribution in [-0.4, -0.2) is 46.9 Å². The summed E-state index contributed by atoms with van der Waals surface area (Å²) in [6, 6.07) is 11.3. The van der Waals surface area contributed by atoms with E-state index in [-0.39, 0.29) is 11.9 Å². The number of nitrogens with zero attached hydrogens (tertiary/aromatic N) is 4. The van der Waals surface area contributed by atoms with E-state index in [2.05, 4.69) is 21.8 Å². The fourth-order valence-electron chi connectivity index (χ4n) is 4.38. The van der Waals surface area contributed by atoms with Gasteiger partial charge in [-0.25, -0.2) is 4.52 Å². The van der Waals surface area contributed by atoms with Crippen LogP contribution in [0.3, 0.4) is 0 Å². The number of carbonyl (C=O) groups excluding carboxylic acids is 1. The first-order valence-electron chi connectivity index (χ1n) is 12.4. The standard InChI is InChI=1S/C27H34N6O3/c1-6-35-21-9-7-19(8-10-21)26(34)33(36-27(3,4)5)25-18(2)24(31-20-11-14-29-15-12-20)22(17-28)23-13-16-30-32(23)25/h7-10,13,16,20,29,31H,6,11-12,14-15H2,1-5H3. The number of nitriles is 1. The predicted octanol–water partition coefficient (Wildman–Crippen LogP) is 4.45. The topological polar surface area (TPSA) is 104 Å². The summed E-state index contributed by atoms with van der Waals surface area (Å²) < 4.78 is 7.14. The average molecular weight is 491 g/mol. The Morgan fingerprint density at radius 1 is 1.25 bits per heavy atom. The van der Waals surface area contributed by atoms with E-state index in [4.69, 9.17) is 9.57 Å². The average Bonchev–Trinajstić information content (AvgIpc) is 3.33. The molecule has 0 aliphatic carbocycles. The zero-order valence-corrected chi connectivity index (χ0v) is 21.6. The molecule has 1 amide bonds. The molecule has 0 unspecified atom stereocenters. The fourth-order valence-corrected chi connectivity index (χ4v) is 4.38. The lowest BCUT2D eigenvalue weighted by molar-refractivity contribution is -0.0172. The summed E-state index contributed by atoms with van der Waals surface area (Å²) >= 11 is 0. The Bertz CT molecular complexity index is 1260. The molecule has 3 heterocycles.